The van der Waals surface area contributed by atoms with Crippen molar-refractivity contribution in [2.45, 2.75) is 48.5 Å². The number of carbonyl (C=O) groups is 1. The molecule has 7 rings (SSSR count). The Kier molecular flexibility index (Phi) is 7.23. The number of hydrogen-bond donors (Lipinski definition) is 1. The first-order chi connectivity index (χ1) is 21.2. The maximum absolute atomic E-state index is 12.9. The minimum Gasteiger partial charge on any atom is -0.489 e. The minimum atomic E-state index is -3.77. The molecule has 0 radical (unpaired) electrons. The zero-order valence-corrected chi connectivity index (χ0v) is 25.5. The van der Waals surface area contributed by atoms with Crippen molar-refractivity contribution in [2.24, 2.45) is 5.73 Å². The molecule has 0 spiro atoms. The Bertz CT molecular complexity index is 2030. The molecule has 0 saturated heterocycles. The van der Waals surface area contributed by atoms with Crippen molar-refractivity contribution in [1.82, 2.24) is 10.1 Å². The van der Waals surface area contributed by atoms with Gasteiger partial charge in [0.05, 0.1) is 26.4 Å². The van der Waals surface area contributed by atoms with Gasteiger partial charge in [-0.15, -0.1) is 0 Å². The summed E-state index contributed by atoms with van der Waals surface area (Å²) < 4.78 is 43.6. The van der Waals surface area contributed by atoms with Crippen molar-refractivity contribution < 1.29 is 27.2 Å². The summed E-state index contributed by atoms with van der Waals surface area (Å²) in [5.74, 6) is 1.37. The Balaban J connectivity index is 1.12. The molecule has 2 aliphatic rings. The van der Waals surface area contributed by atoms with Gasteiger partial charge in [0.15, 0.2) is 14.9 Å². The highest BCUT2D eigenvalue weighted by Gasteiger charge is 2.40. The fourth-order valence-corrected chi connectivity index (χ4v) is 7.44. The number of primary amides is 1. The van der Waals surface area contributed by atoms with Gasteiger partial charge < -0.3 is 19.7 Å². The highest BCUT2D eigenvalue weighted by molar-refractivity contribution is 7.92. The number of aromatic nitrogens is 2. The molecule has 5 aromatic rings. The smallest absolute Gasteiger partial charge is 0.251 e. The molecule has 2 fully saturated rings. The summed E-state index contributed by atoms with van der Waals surface area (Å²) in [5.41, 5.74) is 7.29. The lowest BCUT2D eigenvalue weighted by atomic mass is 10.0. The van der Waals surface area contributed by atoms with Crippen molar-refractivity contribution >= 4 is 49.7 Å². The first kappa shape index (κ1) is 28.6. The van der Waals surface area contributed by atoms with Crippen molar-refractivity contribution in [3.63, 3.8) is 0 Å². The molecule has 2 aliphatic carbocycles. The van der Waals surface area contributed by atoms with Crippen LogP contribution in [0.15, 0.2) is 76.3 Å². The molecule has 224 valence electrons. The Morgan fingerprint density at radius 2 is 1.61 bits per heavy atom. The van der Waals surface area contributed by atoms with Gasteiger partial charge in [0.2, 0.25) is 5.88 Å². The summed E-state index contributed by atoms with van der Waals surface area (Å²) in [5, 5.41) is 6.15. The molecule has 0 unspecified atom stereocenters. The van der Waals surface area contributed by atoms with Gasteiger partial charge in [-0.05, 0) is 78.9 Å². The minimum absolute atomic E-state index is 0.0446. The van der Waals surface area contributed by atoms with Crippen LogP contribution in [0.5, 0.6) is 17.4 Å². The van der Waals surface area contributed by atoms with Gasteiger partial charge in [-0.25, -0.2) is 13.4 Å². The summed E-state index contributed by atoms with van der Waals surface area (Å²) in [7, 11) is -3.77. The van der Waals surface area contributed by atoms with E-state index in [-0.39, 0.29) is 23.1 Å². The van der Waals surface area contributed by atoms with Gasteiger partial charge >= 0.3 is 0 Å². The fraction of sp³-hybridized carbons (Fsp3) is 0.219. The lowest BCUT2D eigenvalue weighted by Crippen LogP contribution is -2.20. The fourth-order valence-electron chi connectivity index (χ4n) is 5.10. The zero-order valence-electron chi connectivity index (χ0n) is 23.1. The molecule has 9 nitrogen and oxygen atoms in total. The lowest BCUT2D eigenvalue weighted by Gasteiger charge is -2.12. The molecule has 44 heavy (non-hydrogen) atoms. The summed E-state index contributed by atoms with van der Waals surface area (Å²) in [4.78, 5) is 16.0. The zero-order chi connectivity index (χ0) is 30.6. The predicted octanol–water partition coefficient (Wildman–Crippen LogP) is 7.48. The van der Waals surface area contributed by atoms with Crippen molar-refractivity contribution in [3.8, 4) is 28.6 Å². The number of rotatable bonds is 10. The Morgan fingerprint density at radius 3 is 2.27 bits per heavy atom. The van der Waals surface area contributed by atoms with Gasteiger partial charge in [-0.1, -0.05) is 46.6 Å². The molecule has 2 aromatic heterocycles. The number of nitrogens with two attached hydrogens (primary N) is 1. The molecule has 3 aromatic carbocycles. The quantitative estimate of drug-likeness (QED) is 0.164. The topological polar surface area (TPSA) is 135 Å². The maximum atomic E-state index is 12.9. The molecule has 0 bridgehead atoms. The summed E-state index contributed by atoms with van der Waals surface area (Å²) in [6, 6.07) is 19.1. The van der Waals surface area contributed by atoms with E-state index in [1.807, 2.05) is 24.3 Å². The number of nitrogens with zero attached hydrogens (tertiary/aromatic N) is 2. The van der Waals surface area contributed by atoms with Crippen LogP contribution >= 0.6 is 23.2 Å². The van der Waals surface area contributed by atoms with Crippen LogP contribution in [0.25, 0.3) is 22.0 Å². The monoisotopic (exact) mass is 649 g/mol. The van der Waals surface area contributed by atoms with Crippen LogP contribution in [0.3, 0.4) is 0 Å². The van der Waals surface area contributed by atoms with Gasteiger partial charge in [-0.3, -0.25) is 4.79 Å². The second-order valence-corrected chi connectivity index (χ2v) is 13.9. The van der Waals surface area contributed by atoms with Gasteiger partial charge in [-0.2, -0.15) is 0 Å². The van der Waals surface area contributed by atoms with E-state index in [4.69, 9.17) is 42.9 Å². The average Bonchev–Trinajstić information content (AvgIpc) is 3.94. The predicted molar refractivity (Wildman–Crippen MR) is 165 cm³/mol. The van der Waals surface area contributed by atoms with E-state index in [1.165, 1.54) is 12.1 Å². The van der Waals surface area contributed by atoms with Crippen LogP contribution in [0.1, 0.15) is 53.3 Å². The third-order valence-electron chi connectivity index (χ3n) is 7.69. The van der Waals surface area contributed by atoms with E-state index < -0.39 is 21.0 Å². The lowest BCUT2D eigenvalue weighted by molar-refractivity contribution is 0.0996. The molecule has 2 N–H and O–H groups in total. The average molecular weight is 651 g/mol. The van der Waals surface area contributed by atoms with E-state index in [0.717, 1.165) is 34.9 Å². The first-order valence-electron chi connectivity index (χ1n) is 14.0. The van der Waals surface area contributed by atoms with E-state index in [9.17, 15) is 13.2 Å². The third-order valence-corrected chi connectivity index (χ3v) is 10.5. The van der Waals surface area contributed by atoms with Gasteiger partial charge in [0, 0.05) is 17.5 Å². The summed E-state index contributed by atoms with van der Waals surface area (Å²) in [6.45, 7) is 0.220. The molecule has 2 heterocycles. The van der Waals surface area contributed by atoms with E-state index in [1.54, 1.807) is 30.3 Å². The highest BCUT2D eigenvalue weighted by Crippen LogP contribution is 2.46. The largest absolute Gasteiger partial charge is 0.489 e. The number of halogens is 2. The molecule has 12 heteroatoms. The third kappa shape index (κ3) is 5.49. The van der Waals surface area contributed by atoms with Crippen LogP contribution in [0, 0.1) is 0 Å². The summed E-state index contributed by atoms with van der Waals surface area (Å²) in [6.07, 6.45) is 3.11. The number of fused-ring (bicyclic) bond motifs is 1. The Morgan fingerprint density at radius 1 is 0.932 bits per heavy atom. The van der Waals surface area contributed by atoms with Gasteiger partial charge in [0.25, 0.3) is 5.91 Å². The molecule has 0 atom stereocenters. The van der Waals surface area contributed by atoms with Crippen molar-refractivity contribution in [1.29, 1.82) is 0 Å². The number of hydrogen-bond acceptors (Lipinski definition) is 8. The van der Waals surface area contributed by atoms with Crippen LogP contribution in [0.4, 0.5) is 0 Å². The standard InChI is InChI=1S/C32H25Cl2N3O6S/c33-25-2-1-3-26(34)28(25)29-24(30(43-37-29)17-4-5-17)16-41-20-8-6-19-15-21(9-7-18(19)14-20)42-27-13-12-23(31(35)38)32(36-27)44(39,40)22-10-11-22/h1-3,6-9,12-15,17,22H,4-5,10-11,16H2,(H2,35,38). The second kappa shape index (κ2) is 11.1. The van der Waals surface area contributed by atoms with E-state index in [0.29, 0.717) is 51.6 Å². The SMILES string of the molecule is NC(=O)c1ccc(Oc2ccc3cc(OCc4c(-c5c(Cl)cccc5Cl)noc4C4CC4)ccc3c2)nc1S(=O)(=O)C1CC1. The number of carbonyl (C=O) groups excluding carboxylic acids is 1. The summed E-state index contributed by atoms with van der Waals surface area (Å²) >= 11 is 13.0. The van der Waals surface area contributed by atoms with Crippen LogP contribution in [0.2, 0.25) is 10.0 Å². The first-order valence-corrected chi connectivity index (χ1v) is 16.3. The molecule has 2 saturated carbocycles. The maximum Gasteiger partial charge on any atom is 0.251 e. The van der Waals surface area contributed by atoms with Crippen molar-refractivity contribution in [3.05, 3.63) is 93.7 Å². The normalized spacial score (nSPS) is 15.0. The number of sulfone groups is 1. The number of ether oxygens (including phenoxy) is 2. The number of pyridine rings is 1. The second-order valence-electron chi connectivity index (χ2n) is 10.9. The van der Waals surface area contributed by atoms with Crippen LogP contribution < -0.4 is 15.2 Å². The van der Waals surface area contributed by atoms with Gasteiger partial charge in [0.1, 0.15) is 29.6 Å². The van der Waals surface area contributed by atoms with Crippen LogP contribution in [-0.2, 0) is 16.4 Å². The molecule has 1 amide bonds. The van der Waals surface area contributed by atoms with Crippen molar-refractivity contribution in [2.75, 3.05) is 0 Å². The van der Waals surface area contributed by atoms with Crippen LogP contribution in [-0.4, -0.2) is 29.7 Å². The Hall–Kier alpha value is -4.12. The Labute approximate surface area is 262 Å². The highest BCUT2D eigenvalue weighted by atomic mass is 35.5. The number of benzene rings is 3. The molecule has 0 aliphatic heterocycles. The molecular formula is C32H25Cl2N3O6S. The molecular weight excluding hydrogens is 625 g/mol. The van der Waals surface area contributed by atoms with E-state index in [2.05, 4.69) is 10.1 Å². The number of amides is 1. The van der Waals surface area contributed by atoms with E-state index >= 15 is 0 Å².